The van der Waals surface area contributed by atoms with Gasteiger partial charge in [-0.1, -0.05) is 85.9 Å². The summed E-state index contributed by atoms with van der Waals surface area (Å²) in [6.07, 6.45) is 0.00283. The van der Waals surface area contributed by atoms with Gasteiger partial charge in [-0.05, 0) is 42.7 Å². The zero-order valence-electron chi connectivity index (χ0n) is 20.1. The van der Waals surface area contributed by atoms with Gasteiger partial charge in [-0.2, -0.15) is 0 Å². The molecule has 3 aromatic rings. The Bertz CT molecular complexity index is 962. The van der Waals surface area contributed by atoms with Gasteiger partial charge in [-0.25, -0.2) is 0 Å². The first-order valence-corrected chi connectivity index (χ1v) is 14.6. The Balaban J connectivity index is 1.83. The minimum absolute atomic E-state index is 0.00283. The average molecular weight is 465 g/mol. The van der Waals surface area contributed by atoms with E-state index in [9.17, 15) is 5.11 Å². The molecule has 2 unspecified atom stereocenters. The van der Waals surface area contributed by atoms with Gasteiger partial charge in [0.25, 0.3) is 0 Å². The van der Waals surface area contributed by atoms with Crippen molar-refractivity contribution in [2.75, 3.05) is 6.61 Å². The quantitative estimate of drug-likeness (QED) is 0.360. The van der Waals surface area contributed by atoms with Gasteiger partial charge in [-0.15, -0.1) is 0 Å². The fraction of sp³-hybridized carbons (Fsp3) is 0.357. The Morgan fingerprint density at radius 1 is 0.818 bits per heavy atom. The Morgan fingerprint density at radius 2 is 1.42 bits per heavy atom. The van der Waals surface area contributed by atoms with Crippen LogP contribution in [0.2, 0.25) is 13.1 Å². The largest absolute Gasteiger partial charge is 0.489 e. The van der Waals surface area contributed by atoms with Gasteiger partial charge in [0.15, 0.2) is 0 Å². The average Bonchev–Trinajstić information content (AvgIpc) is 2.82. The van der Waals surface area contributed by atoms with Crippen LogP contribution in [0.15, 0.2) is 84.9 Å². The lowest BCUT2D eigenvalue weighted by Crippen LogP contribution is -2.52. The molecular formula is C28H36O4Si. The van der Waals surface area contributed by atoms with E-state index < -0.39 is 14.4 Å². The monoisotopic (exact) mass is 464 g/mol. The second-order valence-electron chi connectivity index (χ2n) is 9.05. The third-order valence-corrected chi connectivity index (χ3v) is 7.43. The Morgan fingerprint density at radius 3 is 2.00 bits per heavy atom. The van der Waals surface area contributed by atoms with Gasteiger partial charge in [0, 0.05) is 0 Å². The molecule has 0 aromatic heterocycles. The van der Waals surface area contributed by atoms with Crippen molar-refractivity contribution in [3.05, 3.63) is 102 Å². The summed E-state index contributed by atoms with van der Waals surface area (Å²) in [7, 11) is -1.43. The lowest BCUT2D eigenvalue weighted by molar-refractivity contribution is -0.136. The van der Waals surface area contributed by atoms with E-state index in [2.05, 4.69) is 13.1 Å². The van der Waals surface area contributed by atoms with Crippen LogP contribution in [0.3, 0.4) is 0 Å². The topological polar surface area (TPSA) is 47.9 Å². The third-order valence-electron chi connectivity index (χ3n) is 5.51. The molecule has 0 saturated heterocycles. The summed E-state index contributed by atoms with van der Waals surface area (Å²) in [5.41, 5.74) is 1.35. The maximum Gasteiger partial charge on any atom is 0.136 e. The van der Waals surface area contributed by atoms with Crippen LogP contribution in [0.25, 0.3) is 0 Å². The van der Waals surface area contributed by atoms with E-state index in [0.717, 1.165) is 16.7 Å². The highest BCUT2D eigenvalue weighted by Gasteiger charge is 2.42. The molecule has 3 aromatic carbocycles. The maximum absolute atomic E-state index is 12.1. The van der Waals surface area contributed by atoms with Crippen LogP contribution in [0.4, 0.5) is 0 Å². The molecule has 1 N–H and O–H groups in total. The molecule has 0 radical (unpaired) electrons. The van der Waals surface area contributed by atoms with Crippen LogP contribution in [0.1, 0.15) is 30.5 Å². The van der Waals surface area contributed by atoms with Crippen LogP contribution in [0.5, 0.6) is 5.75 Å². The number of benzene rings is 3. The highest BCUT2D eigenvalue weighted by atomic mass is 28.3. The summed E-state index contributed by atoms with van der Waals surface area (Å²) in [5, 5.41) is 12.1. The standard InChI is InChI=1S/C28H36O4Si/c1-22(2)32-27(33(3)4)28(29,21-30-19-23-12-7-5-8-13-23)25-16-11-17-26(18-25)31-20-24-14-9-6-10-15-24/h5-18,22,27,29,33H,19-21H2,1-4H3. The first kappa shape index (κ1) is 25.2. The molecule has 0 aliphatic carbocycles. The summed E-state index contributed by atoms with van der Waals surface area (Å²) in [5.74, 6) is 0.714. The van der Waals surface area contributed by atoms with E-state index in [1.54, 1.807) is 0 Å². The lowest BCUT2D eigenvalue weighted by atomic mass is 9.94. The minimum atomic E-state index is -1.43. The summed E-state index contributed by atoms with van der Waals surface area (Å²) in [4.78, 5) is 0. The van der Waals surface area contributed by atoms with E-state index in [4.69, 9.17) is 14.2 Å². The summed E-state index contributed by atoms with van der Waals surface area (Å²) in [6.45, 7) is 9.46. The number of rotatable bonds is 12. The fourth-order valence-corrected chi connectivity index (χ4v) is 5.96. The zero-order chi connectivity index (χ0) is 23.7. The maximum atomic E-state index is 12.1. The smallest absolute Gasteiger partial charge is 0.136 e. The molecule has 2 atom stereocenters. The third kappa shape index (κ3) is 7.27. The van der Waals surface area contributed by atoms with E-state index >= 15 is 0 Å². The molecule has 33 heavy (non-hydrogen) atoms. The van der Waals surface area contributed by atoms with Gasteiger partial charge in [0.05, 0.1) is 33.8 Å². The van der Waals surface area contributed by atoms with Gasteiger partial charge >= 0.3 is 0 Å². The van der Waals surface area contributed by atoms with Crippen molar-refractivity contribution in [1.29, 1.82) is 0 Å². The molecule has 176 valence electrons. The number of aliphatic hydroxyl groups is 1. The van der Waals surface area contributed by atoms with E-state index in [-0.39, 0.29) is 18.4 Å². The number of ether oxygens (including phenoxy) is 3. The molecule has 0 heterocycles. The second kappa shape index (κ2) is 12.1. The first-order valence-electron chi connectivity index (χ1n) is 11.6. The lowest BCUT2D eigenvalue weighted by Gasteiger charge is -2.39. The SMILES string of the molecule is CC(C)OC([SiH](C)C)C(O)(COCc1ccccc1)c1cccc(OCc2ccccc2)c1. The van der Waals surface area contributed by atoms with Gasteiger partial charge in [-0.3, -0.25) is 0 Å². The first-order chi connectivity index (χ1) is 15.9. The van der Waals surface area contributed by atoms with Crippen LogP contribution >= 0.6 is 0 Å². The summed E-state index contributed by atoms with van der Waals surface area (Å²) < 4.78 is 18.4. The normalized spacial score (nSPS) is 14.3. The van der Waals surface area contributed by atoms with E-state index in [1.807, 2.05) is 98.8 Å². The Labute approximate surface area is 199 Å². The van der Waals surface area contributed by atoms with Crippen LogP contribution < -0.4 is 4.74 Å². The molecule has 3 rings (SSSR count). The highest BCUT2D eigenvalue weighted by molar-refractivity contribution is 6.57. The summed E-state index contributed by atoms with van der Waals surface area (Å²) >= 11 is 0. The molecule has 0 amide bonds. The van der Waals surface area contributed by atoms with Crippen molar-refractivity contribution in [1.82, 2.24) is 0 Å². The van der Waals surface area contributed by atoms with Gasteiger partial charge in [0.1, 0.15) is 18.0 Å². The Kier molecular flexibility index (Phi) is 9.27. The van der Waals surface area contributed by atoms with Crippen molar-refractivity contribution >= 4 is 8.80 Å². The molecular weight excluding hydrogens is 428 g/mol. The van der Waals surface area contributed by atoms with Crippen molar-refractivity contribution in [3.8, 4) is 5.75 Å². The van der Waals surface area contributed by atoms with Crippen LogP contribution in [-0.2, 0) is 28.3 Å². The van der Waals surface area contributed by atoms with Crippen molar-refractivity contribution in [2.45, 2.75) is 57.6 Å². The predicted octanol–water partition coefficient (Wildman–Crippen LogP) is 5.49. The molecule has 0 fully saturated rings. The van der Waals surface area contributed by atoms with Crippen LogP contribution in [0, 0.1) is 0 Å². The fourth-order valence-electron chi connectivity index (χ4n) is 3.94. The summed E-state index contributed by atoms with van der Waals surface area (Å²) in [6, 6.07) is 27.8. The molecule has 0 aliphatic heterocycles. The minimum Gasteiger partial charge on any atom is -0.489 e. The number of hydrogen-bond donors (Lipinski definition) is 1. The molecule has 0 bridgehead atoms. The second-order valence-corrected chi connectivity index (χ2v) is 12.1. The van der Waals surface area contributed by atoms with E-state index in [0.29, 0.717) is 19.0 Å². The molecule has 5 heteroatoms. The molecule has 0 aliphatic rings. The van der Waals surface area contributed by atoms with Gasteiger partial charge < -0.3 is 19.3 Å². The molecule has 4 nitrogen and oxygen atoms in total. The van der Waals surface area contributed by atoms with Crippen molar-refractivity contribution in [2.24, 2.45) is 0 Å². The predicted molar refractivity (Wildman–Crippen MR) is 136 cm³/mol. The van der Waals surface area contributed by atoms with Crippen molar-refractivity contribution < 1.29 is 19.3 Å². The van der Waals surface area contributed by atoms with E-state index in [1.165, 1.54) is 0 Å². The highest BCUT2D eigenvalue weighted by Crippen LogP contribution is 2.33. The van der Waals surface area contributed by atoms with Crippen LogP contribution in [-0.4, -0.2) is 32.3 Å². The zero-order valence-corrected chi connectivity index (χ0v) is 21.3. The molecule has 0 spiro atoms. The number of hydrogen-bond acceptors (Lipinski definition) is 4. The molecule has 0 saturated carbocycles. The van der Waals surface area contributed by atoms with Gasteiger partial charge in [0.2, 0.25) is 0 Å². The van der Waals surface area contributed by atoms with Crippen molar-refractivity contribution in [3.63, 3.8) is 0 Å². The Hall–Kier alpha value is -2.44.